The Kier molecular flexibility index (Phi) is 5.14. The molecule has 0 saturated heterocycles. The van der Waals surface area contributed by atoms with E-state index in [-0.39, 0.29) is 0 Å². The van der Waals surface area contributed by atoms with E-state index in [1.807, 2.05) is 25.1 Å². The largest absolute Gasteiger partial charge is 0.427 e. The van der Waals surface area contributed by atoms with E-state index >= 15 is 0 Å². The molecule has 2 rings (SSSR count). The van der Waals surface area contributed by atoms with Gasteiger partial charge in [0.1, 0.15) is 5.58 Å². The Morgan fingerprint density at radius 3 is 2.62 bits per heavy atom. The Balaban J connectivity index is 0.000000606. The lowest BCUT2D eigenvalue weighted by molar-refractivity contribution is 0.553. The van der Waals surface area contributed by atoms with Crippen LogP contribution in [0.25, 0.3) is 11.0 Å². The molecule has 86 valence electrons. The standard InChI is InChI=1S/C10H7IO3.CH4S/c1-6-2-3-7-8(4-6)13-10(12)5-9(7)14-11;1-2/h2-5H,1H3;2H,1H3. The molecule has 0 fully saturated rings. The second kappa shape index (κ2) is 6.15. The summed E-state index contributed by atoms with van der Waals surface area (Å²) >= 11 is 5.27. The Morgan fingerprint density at radius 1 is 1.31 bits per heavy atom. The molecule has 0 amide bonds. The third-order valence-corrected chi connectivity index (χ3v) is 2.42. The van der Waals surface area contributed by atoms with Gasteiger partial charge in [0, 0.05) is 0 Å². The van der Waals surface area contributed by atoms with Gasteiger partial charge >= 0.3 is 5.63 Å². The third kappa shape index (κ3) is 2.91. The maximum Gasteiger partial charge on any atom is 0.339 e. The van der Waals surface area contributed by atoms with Crippen LogP contribution in [-0.4, -0.2) is 6.26 Å². The normalized spacial score (nSPS) is 9.50. The van der Waals surface area contributed by atoms with Crippen molar-refractivity contribution in [3.63, 3.8) is 0 Å². The number of hydrogen-bond acceptors (Lipinski definition) is 4. The smallest absolute Gasteiger partial charge is 0.339 e. The fourth-order valence-electron chi connectivity index (χ4n) is 1.30. The van der Waals surface area contributed by atoms with Gasteiger partial charge in [-0.1, -0.05) is 6.07 Å². The number of aryl methyl sites for hydroxylation is 1. The predicted octanol–water partition coefficient (Wildman–Crippen LogP) is 3.38. The van der Waals surface area contributed by atoms with Gasteiger partial charge in [-0.2, -0.15) is 12.6 Å². The maximum absolute atomic E-state index is 11.1. The molecule has 3 nitrogen and oxygen atoms in total. The highest BCUT2D eigenvalue weighted by Crippen LogP contribution is 2.25. The Hall–Kier alpha value is -0.690. The van der Waals surface area contributed by atoms with E-state index in [4.69, 9.17) is 7.48 Å². The molecular formula is C11H11IO3S. The molecule has 0 radical (unpaired) electrons. The highest BCUT2D eigenvalue weighted by atomic mass is 127. The topological polar surface area (TPSA) is 39.4 Å². The van der Waals surface area contributed by atoms with E-state index in [1.165, 1.54) is 6.07 Å². The van der Waals surface area contributed by atoms with Crippen molar-refractivity contribution >= 4 is 46.6 Å². The maximum atomic E-state index is 11.1. The van der Waals surface area contributed by atoms with Gasteiger partial charge in [-0.15, -0.1) is 0 Å². The molecule has 0 N–H and O–H groups in total. The fraction of sp³-hybridized carbons (Fsp3) is 0.182. The van der Waals surface area contributed by atoms with Gasteiger partial charge in [0.15, 0.2) is 28.8 Å². The Bertz CT molecular complexity index is 536. The number of rotatable bonds is 1. The number of hydrogen-bond donors (Lipinski definition) is 1. The van der Waals surface area contributed by atoms with Crippen molar-refractivity contribution in [2.24, 2.45) is 0 Å². The van der Waals surface area contributed by atoms with Crippen LogP contribution in [0.15, 0.2) is 33.5 Å². The molecule has 0 saturated carbocycles. The molecule has 16 heavy (non-hydrogen) atoms. The first kappa shape index (κ1) is 13.4. The summed E-state index contributed by atoms with van der Waals surface area (Å²) in [5, 5.41) is 0.810. The quantitative estimate of drug-likeness (QED) is 0.487. The number of fused-ring (bicyclic) bond motifs is 1. The van der Waals surface area contributed by atoms with Crippen LogP contribution in [0.1, 0.15) is 5.56 Å². The highest BCUT2D eigenvalue weighted by molar-refractivity contribution is 14.1. The first-order valence-electron chi connectivity index (χ1n) is 4.48. The molecule has 0 aliphatic rings. The zero-order valence-electron chi connectivity index (χ0n) is 8.86. The summed E-state index contributed by atoms with van der Waals surface area (Å²) < 4.78 is 10.1. The minimum atomic E-state index is -0.394. The molecule has 1 aromatic heterocycles. The van der Waals surface area contributed by atoms with E-state index in [9.17, 15) is 4.79 Å². The van der Waals surface area contributed by atoms with Crippen LogP contribution in [0, 0.1) is 6.92 Å². The molecule has 2 aromatic rings. The van der Waals surface area contributed by atoms with Crippen LogP contribution >= 0.6 is 35.6 Å². The minimum Gasteiger partial charge on any atom is -0.427 e. The first-order chi connectivity index (χ1) is 7.70. The molecule has 0 aliphatic heterocycles. The minimum absolute atomic E-state index is 0.394. The Morgan fingerprint density at radius 2 is 2.00 bits per heavy atom. The summed E-state index contributed by atoms with van der Waals surface area (Å²) in [5.41, 5.74) is 1.21. The summed E-state index contributed by atoms with van der Waals surface area (Å²) in [5.74, 6) is 0.539. The van der Waals surface area contributed by atoms with Gasteiger partial charge in [0.2, 0.25) is 0 Å². The van der Waals surface area contributed by atoms with E-state index in [2.05, 4.69) is 12.6 Å². The van der Waals surface area contributed by atoms with Crippen molar-refractivity contribution in [2.75, 3.05) is 6.26 Å². The van der Waals surface area contributed by atoms with E-state index < -0.39 is 5.63 Å². The summed E-state index contributed by atoms with van der Waals surface area (Å²) in [7, 11) is 0. The molecule has 1 aromatic carbocycles. The lowest BCUT2D eigenvalue weighted by Crippen LogP contribution is -1.97. The van der Waals surface area contributed by atoms with Crippen molar-refractivity contribution in [1.82, 2.24) is 0 Å². The van der Waals surface area contributed by atoms with Crippen LogP contribution in [0.3, 0.4) is 0 Å². The zero-order chi connectivity index (χ0) is 12.1. The molecular weight excluding hydrogens is 339 g/mol. The molecule has 0 bridgehead atoms. The van der Waals surface area contributed by atoms with Crippen molar-refractivity contribution < 1.29 is 7.48 Å². The summed E-state index contributed by atoms with van der Waals surface area (Å²) in [6, 6.07) is 6.98. The van der Waals surface area contributed by atoms with Crippen LogP contribution in [-0.2, 0) is 0 Å². The van der Waals surface area contributed by atoms with Gasteiger partial charge < -0.3 is 7.48 Å². The van der Waals surface area contributed by atoms with Gasteiger partial charge in [-0.05, 0) is 30.9 Å². The van der Waals surface area contributed by atoms with Crippen LogP contribution in [0.2, 0.25) is 0 Å². The molecule has 0 unspecified atom stereocenters. The second-order valence-electron chi connectivity index (χ2n) is 3.01. The molecule has 0 aliphatic carbocycles. The van der Waals surface area contributed by atoms with Gasteiger partial charge in [0.05, 0.1) is 11.5 Å². The van der Waals surface area contributed by atoms with Crippen molar-refractivity contribution in [1.29, 1.82) is 0 Å². The average molecular weight is 350 g/mol. The predicted molar refractivity (Wildman–Crippen MR) is 76.8 cm³/mol. The number of halogens is 1. The monoisotopic (exact) mass is 350 g/mol. The van der Waals surface area contributed by atoms with E-state index in [1.54, 1.807) is 29.3 Å². The second-order valence-corrected chi connectivity index (χ2v) is 3.45. The lowest BCUT2D eigenvalue weighted by atomic mass is 10.1. The molecule has 0 spiro atoms. The lowest BCUT2D eigenvalue weighted by Gasteiger charge is -2.01. The molecule has 0 atom stereocenters. The summed E-state index contributed by atoms with van der Waals surface area (Å²) in [4.78, 5) is 11.1. The summed E-state index contributed by atoms with van der Waals surface area (Å²) in [6.07, 6.45) is 1.69. The zero-order valence-corrected chi connectivity index (χ0v) is 11.9. The third-order valence-electron chi connectivity index (χ3n) is 1.95. The number of benzene rings is 1. The van der Waals surface area contributed by atoms with Crippen LogP contribution in [0.5, 0.6) is 5.75 Å². The first-order valence-corrected chi connectivity index (χ1v) is 6.26. The van der Waals surface area contributed by atoms with Gasteiger partial charge in [0.25, 0.3) is 0 Å². The van der Waals surface area contributed by atoms with Crippen LogP contribution < -0.4 is 8.69 Å². The van der Waals surface area contributed by atoms with E-state index in [0.717, 1.165) is 10.9 Å². The fourth-order valence-corrected chi connectivity index (χ4v) is 1.67. The molecule has 1 heterocycles. The van der Waals surface area contributed by atoms with Gasteiger partial charge in [-0.3, -0.25) is 0 Å². The summed E-state index contributed by atoms with van der Waals surface area (Å²) in [6.45, 7) is 1.94. The average Bonchev–Trinajstić information content (AvgIpc) is 2.30. The highest BCUT2D eigenvalue weighted by Gasteiger charge is 2.05. The van der Waals surface area contributed by atoms with Gasteiger partial charge in [-0.25, -0.2) is 4.79 Å². The SMILES string of the molecule is CS.Cc1ccc2c(OI)cc(=O)oc2c1. The Labute approximate surface area is 113 Å². The van der Waals surface area contributed by atoms with Crippen molar-refractivity contribution in [3.8, 4) is 5.75 Å². The number of thiol groups is 1. The van der Waals surface area contributed by atoms with E-state index in [0.29, 0.717) is 11.3 Å². The molecule has 5 heteroatoms. The van der Waals surface area contributed by atoms with Crippen molar-refractivity contribution in [3.05, 3.63) is 40.2 Å². The van der Waals surface area contributed by atoms with Crippen LogP contribution in [0.4, 0.5) is 0 Å². The van der Waals surface area contributed by atoms with Crippen molar-refractivity contribution in [2.45, 2.75) is 6.92 Å².